The monoisotopic (exact) mass is 483 g/mol. The highest BCUT2D eigenvalue weighted by atomic mass is 19.4. The Bertz CT molecular complexity index is 977. The Hall–Kier alpha value is -3.09. The minimum absolute atomic E-state index is 0.0406. The molecule has 4 heterocycles. The zero-order chi connectivity index (χ0) is 24.1. The first-order chi connectivity index (χ1) is 16.3. The van der Waals surface area contributed by atoms with Crippen LogP contribution >= 0.6 is 0 Å². The molecule has 2 aromatic heterocycles. The van der Waals surface area contributed by atoms with E-state index in [1.807, 2.05) is 0 Å². The lowest BCUT2D eigenvalue weighted by molar-refractivity contribution is -0.137. The van der Waals surface area contributed by atoms with Crippen LogP contribution < -0.4 is 10.6 Å². The second-order valence-electron chi connectivity index (χ2n) is 8.45. The van der Waals surface area contributed by atoms with Crippen LogP contribution in [0.3, 0.4) is 0 Å². The summed E-state index contributed by atoms with van der Waals surface area (Å²) in [5.74, 6) is 0.678. The topological polar surface area (TPSA) is 109 Å². The molecule has 4 rings (SSSR count). The number of nitrogens with one attached hydrogen (secondary N) is 2. The molecular formula is C21H28F3N7O3. The molecule has 2 N–H and O–H groups in total. The maximum Gasteiger partial charge on any atom is 0.421 e. The number of ether oxygens (including phenoxy) is 1. The third-order valence-electron chi connectivity index (χ3n) is 5.87. The first kappa shape index (κ1) is 24.0. The van der Waals surface area contributed by atoms with Gasteiger partial charge in [0, 0.05) is 31.7 Å². The third-order valence-corrected chi connectivity index (χ3v) is 5.87. The second kappa shape index (κ2) is 10.5. The molecule has 0 unspecified atom stereocenters. The van der Waals surface area contributed by atoms with Gasteiger partial charge in [-0.1, -0.05) is 0 Å². The van der Waals surface area contributed by atoms with Gasteiger partial charge in [-0.3, -0.25) is 5.32 Å². The molecular weight excluding hydrogens is 455 g/mol. The van der Waals surface area contributed by atoms with Crippen LogP contribution in [0.4, 0.5) is 35.6 Å². The Morgan fingerprint density at radius 3 is 2.71 bits per heavy atom. The van der Waals surface area contributed by atoms with Crippen LogP contribution in [0.2, 0.25) is 0 Å². The molecule has 13 heteroatoms. The van der Waals surface area contributed by atoms with Crippen molar-refractivity contribution in [1.29, 1.82) is 0 Å². The molecule has 1 amide bonds. The smallest absolute Gasteiger partial charge is 0.421 e. The van der Waals surface area contributed by atoms with Crippen molar-refractivity contribution in [2.45, 2.75) is 37.8 Å². The van der Waals surface area contributed by atoms with Crippen molar-refractivity contribution < 1.29 is 27.1 Å². The molecule has 0 radical (unpaired) electrons. The molecule has 0 aromatic carbocycles. The van der Waals surface area contributed by atoms with Crippen molar-refractivity contribution in [3.8, 4) is 0 Å². The van der Waals surface area contributed by atoms with Crippen LogP contribution in [0.25, 0.3) is 0 Å². The minimum atomic E-state index is -4.62. The molecule has 2 fully saturated rings. The fourth-order valence-corrected chi connectivity index (χ4v) is 3.96. The second-order valence-corrected chi connectivity index (χ2v) is 8.45. The van der Waals surface area contributed by atoms with Crippen LogP contribution in [-0.4, -0.2) is 77.2 Å². The number of likely N-dealkylation sites (tertiary alicyclic amines) is 1. The SMILES string of the molecule is CN1CCC(c2ncc(Nc3ncc(C(F)(F)F)c(NCCCN4CCCOC4=O)n3)o2)CC1. The van der Waals surface area contributed by atoms with E-state index in [1.165, 1.54) is 11.1 Å². The van der Waals surface area contributed by atoms with Crippen molar-refractivity contribution in [1.82, 2.24) is 24.8 Å². The molecule has 34 heavy (non-hydrogen) atoms. The first-order valence-corrected chi connectivity index (χ1v) is 11.3. The molecule has 0 saturated carbocycles. The number of carbonyl (C=O) groups excluding carboxylic acids is 1. The molecule has 2 aliphatic rings. The molecule has 10 nitrogen and oxygen atoms in total. The number of halogens is 3. The van der Waals surface area contributed by atoms with E-state index in [-0.39, 0.29) is 30.1 Å². The summed E-state index contributed by atoms with van der Waals surface area (Å²) in [6, 6.07) is 0. The number of anilines is 3. The zero-order valence-corrected chi connectivity index (χ0v) is 18.9. The molecule has 0 spiro atoms. The Balaban J connectivity index is 1.38. The summed E-state index contributed by atoms with van der Waals surface area (Å²) in [5, 5.41) is 5.52. The first-order valence-electron chi connectivity index (χ1n) is 11.3. The molecule has 2 saturated heterocycles. The van der Waals surface area contributed by atoms with Crippen LogP contribution in [-0.2, 0) is 10.9 Å². The standard InChI is InChI=1S/C21H28F3N7O3/c1-30-9-4-14(5-10-30)18-26-13-16(34-18)28-19-27-12-15(21(22,23)24)17(29-19)25-6-2-7-31-8-3-11-33-20(31)32/h12-14H,2-11H2,1H3,(H2,25,27,28,29). The maximum atomic E-state index is 13.5. The van der Waals surface area contributed by atoms with E-state index in [9.17, 15) is 18.0 Å². The molecule has 0 aliphatic carbocycles. The van der Waals surface area contributed by atoms with Gasteiger partial charge in [0.2, 0.25) is 11.8 Å². The van der Waals surface area contributed by atoms with Gasteiger partial charge in [-0.05, 0) is 45.8 Å². The Labute approximate surface area is 194 Å². The minimum Gasteiger partial charge on any atom is -0.449 e. The number of cyclic esters (lactones) is 1. The van der Waals surface area contributed by atoms with E-state index in [1.54, 1.807) is 0 Å². The zero-order valence-electron chi connectivity index (χ0n) is 18.9. The molecule has 0 atom stereocenters. The van der Waals surface area contributed by atoms with Crippen molar-refractivity contribution in [2.75, 3.05) is 57.0 Å². The normalized spacial score (nSPS) is 18.1. The molecule has 2 aromatic rings. The lowest BCUT2D eigenvalue weighted by Gasteiger charge is -2.26. The van der Waals surface area contributed by atoms with E-state index >= 15 is 0 Å². The average Bonchev–Trinajstić information content (AvgIpc) is 3.26. The fourth-order valence-electron chi connectivity index (χ4n) is 3.96. The molecule has 0 bridgehead atoms. The summed E-state index contributed by atoms with van der Waals surface area (Å²) in [6.07, 6.45) is 0.217. The third kappa shape index (κ3) is 6.07. The summed E-state index contributed by atoms with van der Waals surface area (Å²) in [5.41, 5.74) is -0.972. The van der Waals surface area contributed by atoms with Crippen LogP contribution in [0.5, 0.6) is 0 Å². The fraction of sp³-hybridized carbons (Fsp3) is 0.619. The number of hydrogen-bond acceptors (Lipinski definition) is 9. The van der Waals surface area contributed by atoms with Crippen LogP contribution in [0, 0.1) is 0 Å². The average molecular weight is 483 g/mol. The van der Waals surface area contributed by atoms with Gasteiger partial charge in [0.25, 0.3) is 0 Å². The lowest BCUT2D eigenvalue weighted by Crippen LogP contribution is -2.38. The number of alkyl halides is 3. The van der Waals surface area contributed by atoms with Gasteiger partial charge in [-0.2, -0.15) is 18.2 Å². The maximum absolute atomic E-state index is 13.5. The quantitative estimate of drug-likeness (QED) is 0.544. The molecule has 186 valence electrons. The van der Waals surface area contributed by atoms with E-state index < -0.39 is 17.8 Å². The van der Waals surface area contributed by atoms with E-state index in [0.717, 1.165) is 38.5 Å². The summed E-state index contributed by atoms with van der Waals surface area (Å²) >= 11 is 0. The van der Waals surface area contributed by atoms with Gasteiger partial charge in [0.05, 0.1) is 12.8 Å². The highest BCUT2D eigenvalue weighted by molar-refractivity contribution is 5.68. The Kier molecular flexibility index (Phi) is 7.39. The highest BCUT2D eigenvalue weighted by Gasteiger charge is 2.35. The van der Waals surface area contributed by atoms with Crippen LogP contribution in [0.1, 0.15) is 43.1 Å². The highest BCUT2D eigenvalue weighted by Crippen LogP contribution is 2.34. The number of amides is 1. The van der Waals surface area contributed by atoms with Crippen molar-refractivity contribution in [2.24, 2.45) is 0 Å². The number of piperidine rings is 1. The number of nitrogens with zero attached hydrogens (tertiary/aromatic N) is 5. The summed E-state index contributed by atoms with van der Waals surface area (Å²) in [7, 11) is 2.06. The summed E-state index contributed by atoms with van der Waals surface area (Å²) in [4.78, 5) is 27.6. The van der Waals surface area contributed by atoms with Crippen molar-refractivity contribution >= 4 is 23.7 Å². The predicted molar refractivity (Wildman–Crippen MR) is 117 cm³/mol. The number of carbonyl (C=O) groups is 1. The Morgan fingerprint density at radius 1 is 1.18 bits per heavy atom. The van der Waals surface area contributed by atoms with Gasteiger partial charge in [-0.15, -0.1) is 0 Å². The van der Waals surface area contributed by atoms with Gasteiger partial charge in [0.15, 0.2) is 5.89 Å². The largest absolute Gasteiger partial charge is 0.449 e. The summed E-state index contributed by atoms with van der Waals surface area (Å²) in [6.45, 7) is 3.43. The van der Waals surface area contributed by atoms with Gasteiger partial charge in [0.1, 0.15) is 11.4 Å². The lowest BCUT2D eigenvalue weighted by atomic mass is 9.97. The van der Waals surface area contributed by atoms with E-state index in [2.05, 4.69) is 37.5 Å². The predicted octanol–water partition coefficient (Wildman–Crippen LogP) is 3.68. The summed E-state index contributed by atoms with van der Waals surface area (Å²) < 4.78 is 51.1. The van der Waals surface area contributed by atoms with Gasteiger partial charge < -0.3 is 24.3 Å². The van der Waals surface area contributed by atoms with E-state index in [0.29, 0.717) is 32.0 Å². The van der Waals surface area contributed by atoms with Crippen molar-refractivity contribution in [3.05, 3.63) is 23.8 Å². The van der Waals surface area contributed by atoms with Gasteiger partial charge in [-0.25, -0.2) is 14.8 Å². The number of rotatable bonds is 8. The Morgan fingerprint density at radius 2 is 1.97 bits per heavy atom. The number of aromatic nitrogens is 3. The van der Waals surface area contributed by atoms with E-state index in [4.69, 9.17) is 9.15 Å². The number of hydrogen-bond donors (Lipinski definition) is 2. The number of oxazole rings is 1. The van der Waals surface area contributed by atoms with Gasteiger partial charge >= 0.3 is 12.3 Å². The molecule has 2 aliphatic heterocycles. The van der Waals surface area contributed by atoms with Crippen molar-refractivity contribution in [3.63, 3.8) is 0 Å². The van der Waals surface area contributed by atoms with Crippen LogP contribution in [0.15, 0.2) is 16.8 Å².